The van der Waals surface area contributed by atoms with Crippen LogP contribution in [0.2, 0.25) is 0 Å². The number of carbonyl (C=O) groups excluding carboxylic acids is 1. The molecule has 0 aliphatic heterocycles. The number of para-hydroxylation sites is 1. The number of aldehydes is 1. The summed E-state index contributed by atoms with van der Waals surface area (Å²) in [5, 5.41) is 10.5. The summed E-state index contributed by atoms with van der Waals surface area (Å²) in [6.07, 6.45) is 6.78. The molecule has 0 aliphatic carbocycles. The molecule has 0 aliphatic rings. The molecule has 1 heterocycles. The summed E-state index contributed by atoms with van der Waals surface area (Å²) in [6, 6.07) is 16.0. The van der Waals surface area contributed by atoms with Gasteiger partial charge in [0.05, 0.1) is 13.2 Å². The molecule has 4 nitrogen and oxygen atoms in total. The summed E-state index contributed by atoms with van der Waals surface area (Å²) < 4.78 is 7.67. The van der Waals surface area contributed by atoms with Crippen molar-refractivity contribution in [1.82, 2.24) is 4.57 Å². The van der Waals surface area contributed by atoms with Crippen LogP contribution in [0.25, 0.3) is 17.0 Å². The van der Waals surface area contributed by atoms with Crippen molar-refractivity contribution in [2.75, 3.05) is 13.2 Å². The molecule has 27 heavy (non-hydrogen) atoms. The minimum absolute atomic E-state index is 0.109. The average molecular weight is 363 g/mol. The molecule has 0 spiro atoms. The zero-order valence-electron chi connectivity index (χ0n) is 15.6. The first-order valence-corrected chi connectivity index (χ1v) is 9.32. The van der Waals surface area contributed by atoms with E-state index in [0.29, 0.717) is 18.7 Å². The van der Waals surface area contributed by atoms with E-state index in [-0.39, 0.29) is 6.61 Å². The second-order valence-corrected chi connectivity index (χ2v) is 6.41. The van der Waals surface area contributed by atoms with Crippen molar-refractivity contribution in [3.05, 3.63) is 71.4 Å². The Bertz CT molecular complexity index is 940. The molecule has 0 atom stereocenters. The van der Waals surface area contributed by atoms with Crippen molar-refractivity contribution in [3.8, 4) is 5.75 Å². The number of hydrogen-bond acceptors (Lipinski definition) is 3. The van der Waals surface area contributed by atoms with Gasteiger partial charge in [-0.25, -0.2) is 0 Å². The van der Waals surface area contributed by atoms with Gasteiger partial charge in [-0.2, -0.15) is 0 Å². The van der Waals surface area contributed by atoms with Crippen molar-refractivity contribution < 1.29 is 14.6 Å². The van der Waals surface area contributed by atoms with Gasteiger partial charge >= 0.3 is 0 Å². The van der Waals surface area contributed by atoms with E-state index < -0.39 is 0 Å². The molecule has 4 heteroatoms. The van der Waals surface area contributed by atoms with Crippen LogP contribution in [0.4, 0.5) is 0 Å². The SMILES string of the molecule is CCOc1cc(C=O)cc(CC/C=C/c2cc3ccccc3n2CCO)c1. The molecule has 0 bridgehead atoms. The molecule has 0 fully saturated rings. The van der Waals surface area contributed by atoms with E-state index in [4.69, 9.17) is 4.74 Å². The maximum atomic E-state index is 11.1. The Morgan fingerprint density at radius 3 is 2.78 bits per heavy atom. The number of carbonyl (C=O) groups is 1. The minimum atomic E-state index is 0.109. The van der Waals surface area contributed by atoms with E-state index in [1.807, 2.05) is 31.2 Å². The van der Waals surface area contributed by atoms with Crippen LogP contribution in [0.1, 0.15) is 35.0 Å². The second kappa shape index (κ2) is 9.19. The zero-order chi connectivity index (χ0) is 19.1. The highest BCUT2D eigenvalue weighted by atomic mass is 16.5. The van der Waals surface area contributed by atoms with E-state index in [1.165, 1.54) is 5.39 Å². The van der Waals surface area contributed by atoms with E-state index in [9.17, 15) is 9.90 Å². The van der Waals surface area contributed by atoms with Gasteiger partial charge in [-0.1, -0.05) is 24.3 Å². The predicted octanol–water partition coefficient (Wildman–Crippen LogP) is 4.49. The van der Waals surface area contributed by atoms with Crippen LogP contribution in [-0.2, 0) is 13.0 Å². The lowest BCUT2D eigenvalue weighted by Crippen LogP contribution is -2.03. The monoisotopic (exact) mass is 363 g/mol. The molecule has 2 aromatic carbocycles. The number of rotatable bonds is 9. The van der Waals surface area contributed by atoms with Gasteiger partial charge in [0.25, 0.3) is 0 Å². The summed E-state index contributed by atoms with van der Waals surface area (Å²) in [5.41, 5.74) is 3.94. The maximum absolute atomic E-state index is 11.1. The van der Waals surface area contributed by atoms with E-state index >= 15 is 0 Å². The van der Waals surface area contributed by atoms with E-state index in [2.05, 4.69) is 34.9 Å². The Hall–Kier alpha value is -2.85. The van der Waals surface area contributed by atoms with Gasteiger partial charge in [0.15, 0.2) is 0 Å². The number of ether oxygens (including phenoxy) is 1. The molecule has 1 N–H and O–H groups in total. The smallest absolute Gasteiger partial charge is 0.150 e. The fourth-order valence-electron chi connectivity index (χ4n) is 3.32. The predicted molar refractivity (Wildman–Crippen MR) is 109 cm³/mol. The molecule has 0 amide bonds. The highest BCUT2D eigenvalue weighted by Gasteiger charge is 2.05. The second-order valence-electron chi connectivity index (χ2n) is 6.41. The number of nitrogens with zero attached hydrogens (tertiary/aromatic N) is 1. The molecule has 0 saturated carbocycles. The molecule has 0 saturated heterocycles. The van der Waals surface area contributed by atoms with Crippen LogP contribution in [0, 0.1) is 0 Å². The topological polar surface area (TPSA) is 51.5 Å². The van der Waals surface area contributed by atoms with E-state index in [0.717, 1.165) is 41.7 Å². The maximum Gasteiger partial charge on any atom is 0.150 e. The zero-order valence-corrected chi connectivity index (χ0v) is 15.6. The largest absolute Gasteiger partial charge is 0.494 e. The van der Waals surface area contributed by atoms with Crippen LogP contribution < -0.4 is 4.74 Å². The van der Waals surface area contributed by atoms with Crippen molar-refractivity contribution in [1.29, 1.82) is 0 Å². The van der Waals surface area contributed by atoms with Gasteiger partial charge in [-0.15, -0.1) is 0 Å². The molecule has 3 aromatic rings. The first kappa shape index (κ1) is 18.9. The van der Waals surface area contributed by atoms with Gasteiger partial charge in [0.1, 0.15) is 12.0 Å². The molecule has 3 rings (SSSR count). The quantitative estimate of drug-likeness (QED) is 0.570. The molecule has 1 aromatic heterocycles. The minimum Gasteiger partial charge on any atom is -0.494 e. The standard InChI is InChI=1S/C23H25NO3/c1-2-27-22-14-18(13-19(15-22)17-26)7-3-5-9-21-16-20-8-4-6-10-23(20)24(21)11-12-25/h4-6,8-10,13-17,25H,2-3,7,11-12H2,1H3/b9-5+. The third kappa shape index (κ3) is 4.66. The molecular formula is C23H25NO3. The number of benzene rings is 2. The van der Waals surface area contributed by atoms with Gasteiger partial charge in [-0.3, -0.25) is 4.79 Å². The van der Waals surface area contributed by atoms with Crippen molar-refractivity contribution in [2.45, 2.75) is 26.3 Å². The fourth-order valence-corrected chi connectivity index (χ4v) is 3.32. The summed E-state index contributed by atoms with van der Waals surface area (Å²) in [7, 11) is 0. The number of aliphatic hydroxyl groups excluding tert-OH is 1. The van der Waals surface area contributed by atoms with Crippen molar-refractivity contribution in [2.24, 2.45) is 0 Å². The fraction of sp³-hybridized carbons (Fsp3) is 0.261. The van der Waals surface area contributed by atoms with Crippen molar-refractivity contribution in [3.63, 3.8) is 0 Å². The number of aromatic nitrogens is 1. The Balaban J connectivity index is 1.73. The number of aliphatic hydroxyl groups is 1. The highest BCUT2D eigenvalue weighted by molar-refractivity contribution is 5.83. The number of hydrogen-bond donors (Lipinski definition) is 1. The lowest BCUT2D eigenvalue weighted by atomic mass is 10.1. The Labute approximate surface area is 159 Å². The Morgan fingerprint density at radius 2 is 2.00 bits per heavy atom. The van der Waals surface area contributed by atoms with Crippen LogP contribution in [0.3, 0.4) is 0 Å². The summed E-state index contributed by atoms with van der Waals surface area (Å²) in [4.78, 5) is 11.1. The number of aryl methyl sites for hydroxylation is 1. The van der Waals surface area contributed by atoms with Gasteiger partial charge in [0.2, 0.25) is 0 Å². The van der Waals surface area contributed by atoms with Gasteiger partial charge < -0.3 is 14.4 Å². The molecular weight excluding hydrogens is 338 g/mol. The van der Waals surface area contributed by atoms with Crippen molar-refractivity contribution >= 4 is 23.3 Å². The first-order chi connectivity index (χ1) is 13.2. The number of allylic oxidation sites excluding steroid dienone is 1. The van der Waals surface area contributed by atoms with Crippen LogP contribution in [-0.4, -0.2) is 29.2 Å². The molecule has 0 radical (unpaired) electrons. The summed E-state index contributed by atoms with van der Waals surface area (Å²) in [5.74, 6) is 0.740. The average Bonchev–Trinajstić information content (AvgIpc) is 3.03. The van der Waals surface area contributed by atoms with Crippen LogP contribution in [0.15, 0.2) is 54.6 Å². The first-order valence-electron chi connectivity index (χ1n) is 9.32. The summed E-state index contributed by atoms with van der Waals surface area (Å²) >= 11 is 0. The van der Waals surface area contributed by atoms with E-state index in [1.54, 1.807) is 6.07 Å². The third-order valence-corrected chi connectivity index (χ3v) is 4.49. The number of fused-ring (bicyclic) bond motifs is 1. The Morgan fingerprint density at radius 1 is 1.15 bits per heavy atom. The van der Waals surface area contributed by atoms with Gasteiger partial charge in [-0.05, 0) is 61.7 Å². The van der Waals surface area contributed by atoms with Crippen LogP contribution in [0.5, 0.6) is 5.75 Å². The molecule has 0 unspecified atom stereocenters. The summed E-state index contributed by atoms with van der Waals surface area (Å²) in [6.45, 7) is 3.20. The molecule has 140 valence electrons. The normalized spacial score (nSPS) is 11.3. The third-order valence-electron chi connectivity index (χ3n) is 4.49. The lowest BCUT2D eigenvalue weighted by Gasteiger charge is -2.07. The van der Waals surface area contributed by atoms with Crippen LogP contribution >= 0.6 is 0 Å². The highest BCUT2D eigenvalue weighted by Crippen LogP contribution is 2.22. The van der Waals surface area contributed by atoms with Gasteiger partial charge in [0, 0.05) is 28.7 Å². The Kier molecular flexibility index (Phi) is 6.44. The lowest BCUT2D eigenvalue weighted by molar-refractivity contribution is 0.112.